The van der Waals surface area contributed by atoms with E-state index >= 15 is 0 Å². The predicted octanol–water partition coefficient (Wildman–Crippen LogP) is 5.73. The fourth-order valence-electron chi connectivity index (χ4n) is 3.09. The highest BCUT2D eigenvalue weighted by Crippen LogP contribution is 2.30. The number of halogens is 1. The quantitative estimate of drug-likeness (QED) is 0.444. The summed E-state index contributed by atoms with van der Waals surface area (Å²) < 4.78 is 16.4. The van der Waals surface area contributed by atoms with Crippen LogP contribution in [0.15, 0.2) is 59.0 Å². The fourth-order valence-corrected chi connectivity index (χ4v) is 3.26. The van der Waals surface area contributed by atoms with Crippen LogP contribution in [0.1, 0.15) is 15.9 Å². The van der Waals surface area contributed by atoms with Crippen LogP contribution < -0.4 is 14.8 Å². The fraction of sp³-hybridized carbons (Fsp3) is 0.130. The molecule has 6 nitrogen and oxygen atoms in total. The van der Waals surface area contributed by atoms with E-state index in [2.05, 4.69) is 10.3 Å². The summed E-state index contributed by atoms with van der Waals surface area (Å²) in [5.41, 5.74) is 4.01. The number of nitrogens with zero attached hydrogens (tertiary/aromatic N) is 1. The first-order valence-electron chi connectivity index (χ1n) is 9.19. The van der Waals surface area contributed by atoms with Crippen molar-refractivity contribution in [3.63, 3.8) is 0 Å². The lowest BCUT2D eigenvalue weighted by molar-refractivity contribution is 0.102. The highest BCUT2D eigenvalue weighted by Gasteiger charge is 2.16. The van der Waals surface area contributed by atoms with Crippen LogP contribution in [-0.2, 0) is 0 Å². The molecule has 0 aliphatic heterocycles. The molecule has 7 heteroatoms. The molecule has 0 radical (unpaired) electrons. The average molecular weight is 423 g/mol. The Labute approximate surface area is 178 Å². The first-order chi connectivity index (χ1) is 14.5. The zero-order chi connectivity index (χ0) is 21.3. The van der Waals surface area contributed by atoms with Gasteiger partial charge in [0.25, 0.3) is 5.91 Å². The van der Waals surface area contributed by atoms with Crippen LogP contribution in [-0.4, -0.2) is 25.1 Å². The number of fused-ring (bicyclic) bond motifs is 1. The molecule has 0 aliphatic carbocycles. The number of aromatic nitrogens is 1. The van der Waals surface area contributed by atoms with E-state index in [0.29, 0.717) is 44.8 Å². The van der Waals surface area contributed by atoms with Gasteiger partial charge in [-0.3, -0.25) is 4.79 Å². The number of carbonyl (C=O) groups is 1. The highest BCUT2D eigenvalue weighted by atomic mass is 35.5. The minimum Gasteiger partial charge on any atom is -0.497 e. The summed E-state index contributed by atoms with van der Waals surface area (Å²) in [4.78, 5) is 17.4. The molecule has 30 heavy (non-hydrogen) atoms. The smallest absolute Gasteiger partial charge is 0.259 e. The molecule has 0 saturated heterocycles. The van der Waals surface area contributed by atoms with Gasteiger partial charge in [-0.05, 0) is 55.0 Å². The SMILES string of the molecule is COc1ccc(C(=O)Nc2cc(-c3nc4cc(Cl)ccc4o3)ccc2C)c(OC)c1. The normalized spacial score (nSPS) is 10.8. The van der Waals surface area contributed by atoms with Crippen LogP contribution in [0.25, 0.3) is 22.6 Å². The summed E-state index contributed by atoms with van der Waals surface area (Å²) in [5, 5.41) is 3.53. The van der Waals surface area contributed by atoms with Crippen LogP contribution in [0, 0.1) is 6.92 Å². The summed E-state index contributed by atoms with van der Waals surface area (Å²) in [6.07, 6.45) is 0. The Morgan fingerprint density at radius 1 is 1.03 bits per heavy atom. The number of carbonyl (C=O) groups excluding carboxylic acids is 1. The summed E-state index contributed by atoms with van der Waals surface area (Å²) in [5.74, 6) is 1.19. The molecular formula is C23H19ClN2O4. The monoisotopic (exact) mass is 422 g/mol. The minimum atomic E-state index is -0.292. The Kier molecular flexibility index (Phi) is 5.33. The van der Waals surface area contributed by atoms with Crippen LogP contribution in [0.3, 0.4) is 0 Å². The largest absolute Gasteiger partial charge is 0.497 e. The van der Waals surface area contributed by atoms with Crippen LogP contribution in [0.2, 0.25) is 5.02 Å². The molecule has 0 atom stereocenters. The second-order valence-electron chi connectivity index (χ2n) is 6.68. The lowest BCUT2D eigenvalue weighted by atomic mass is 10.1. The third kappa shape index (κ3) is 3.82. The highest BCUT2D eigenvalue weighted by molar-refractivity contribution is 6.31. The second-order valence-corrected chi connectivity index (χ2v) is 7.12. The zero-order valence-corrected chi connectivity index (χ0v) is 17.4. The molecule has 4 aromatic rings. The minimum absolute atomic E-state index is 0.292. The van der Waals surface area contributed by atoms with Crippen molar-refractivity contribution in [2.75, 3.05) is 19.5 Å². The van der Waals surface area contributed by atoms with Crippen molar-refractivity contribution in [2.24, 2.45) is 0 Å². The molecule has 0 fully saturated rings. The van der Waals surface area contributed by atoms with E-state index in [0.717, 1.165) is 11.1 Å². The molecule has 0 saturated carbocycles. The van der Waals surface area contributed by atoms with Crippen molar-refractivity contribution in [3.8, 4) is 23.0 Å². The number of oxazole rings is 1. The summed E-state index contributed by atoms with van der Waals surface area (Å²) >= 11 is 6.03. The number of anilines is 1. The molecule has 0 aliphatic rings. The number of hydrogen-bond donors (Lipinski definition) is 1. The Morgan fingerprint density at radius 2 is 1.87 bits per heavy atom. The van der Waals surface area contributed by atoms with E-state index in [1.165, 1.54) is 7.11 Å². The van der Waals surface area contributed by atoms with Gasteiger partial charge in [0.2, 0.25) is 5.89 Å². The molecule has 1 aromatic heterocycles. The standard InChI is InChI=1S/C23H19ClN2O4/c1-13-4-5-14(23-26-19-11-15(24)6-9-20(19)30-23)10-18(13)25-22(27)17-8-7-16(28-2)12-21(17)29-3/h4-12H,1-3H3,(H,25,27). The maximum Gasteiger partial charge on any atom is 0.259 e. The van der Waals surface area contributed by atoms with Gasteiger partial charge in [0.05, 0.1) is 19.8 Å². The number of aryl methyl sites for hydroxylation is 1. The van der Waals surface area contributed by atoms with Gasteiger partial charge in [0, 0.05) is 22.3 Å². The number of nitrogens with one attached hydrogen (secondary N) is 1. The number of hydrogen-bond acceptors (Lipinski definition) is 5. The number of ether oxygens (including phenoxy) is 2. The molecule has 152 valence electrons. The van der Waals surface area contributed by atoms with E-state index in [1.807, 2.05) is 25.1 Å². The van der Waals surface area contributed by atoms with E-state index in [-0.39, 0.29) is 5.91 Å². The van der Waals surface area contributed by atoms with Gasteiger partial charge in [-0.15, -0.1) is 0 Å². The van der Waals surface area contributed by atoms with Crippen molar-refractivity contribution < 1.29 is 18.7 Å². The van der Waals surface area contributed by atoms with Gasteiger partial charge in [-0.2, -0.15) is 0 Å². The van der Waals surface area contributed by atoms with Gasteiger partial charge in [-0.25, -0.2) is 4.98 Å². The summed E-state index contributed by atoms with van der Waals surface area (Å²) in [6, 6.07) is 15.9. The molecule has 3 aromatic carbocycles. The number of rotatable bonds is 5. The van der Waals surface area contributed by atoms with Gasteiger partial charge < -0.3 is 19.2 Å². The summed E-state index contributed by atoms with van der Waals surface area (Å²) in [7, 11) is 3.07. The maximum atomic E-state index is 12.9. The van der Waals surface area contributed by atoms with Crippen LogP contribution in [0.4, 0.5) is 5.69 Å². The lowest BCUT2D eigenvalue weighted by Crippen LogP contribution is -2.14. The molecule has 0 unspecified atom stereocenters. The van der Waals surface area contributed by atoms with Crippen molar-refractivity contribution in [3.05, 3.63) is 70.7 Å². The van der Waals surface area contributed by atoms with Crippen molar-refractivity contribution in [1.29, 1.82) is 0 Å². The third-order valence-corrected chi connectivity index (χ3v) is 4.97. The zero-order valence-electron chi connectivity index (χ0n) is 16.7. The second kappa shape index (κ2) is 8.08. The van der Waals surface area contributed by atoms with Crippen LogP contribution in [0.5, 0.6) is 11.5 Å². The van der Waals surface area contributed by atoms with E-state index < -0.39 is 0 Å². The Bertz CT molecular complexity index is 1250. The molecule has 0 bridgehead atoms. The number of amides is 1. The first-order valence-corrected chi connectivity index (χ1v) is 9.57. The van der Waals surface area contributed by atoms with Gasteiger partial charge >= 0.3 is 0 Å². The molecular weight excluding hydrogens is 404 g/mol. The Balaban J connectivity index is 1.66. The molecule has 1 heterocycles. The third-order valence-electron chi connectivity index (χ3n) is 4.74. The topological polar surface area (TPSA) is 73.6 Å². The van der Waals surface area contributed by atoms with Crippen molar-refractivity contribution in [1.82, 2.24) is 4.98 Å². The Hall–Kier alpha value is -3.51. The Morgan fingerprint density at radius 3 is 2.63 bits per heavy atom. The molecule has 4 rings (SSSR count). The van der Waals surface area contributed by atoms with Crippen molar-refractivity contribution in [2.45, 2.75) is 6.92 Å². The lowest BCUT2D eigenvalue weighted by Gasteiger charge is -2.13. The number of methoxy groups -OCH3 is 2. The van der Waals surface area contributed by atoms with E-state index in [4.69, 9.17) is 25.5 Å². The molecule has 1 amide bonds. The van der Waals surface area contributed by atoms with Gasteiger partial charge in [0.1, 0.15) is 17.0 Å². The molecule has 0 spiro atoms. The average Bonchev–Trinajstić information content (AvgIpc) is 3.17. The number of benzene rings is 3. The van der Waals surface area contributed by atoms with Crippen molar-refractivity contribution >= 4 is 34.3 Å². The molecule has 1 N–H and O–H groups in total. The van der Waals surface area contributed by atoms with Gasteiger partial charge in [0.15, 0.2) is 5.58 Å². The summed E-state index contributed by atoms with van der Waals surface area (Å²) in [6.45, 7) is 1.91. The predicted molar refractivity (Wildman–Crippen MR) is 117 cm³/mol. The van der Waals surface area contributed by atoms with E-state index in [9.17, 15) is 4.79 Å². The van der Waals surface area contributed by atoms with Crippen LogP contribution >= 0.6 is 11.6 Å². The first kappa shape index (κ1) is 19.8. The van der Waals surface area contributed by atoms with E-state index in [1.54, 1.807) is 43.5 Å². The van der Waals surface area contributed by atoms with Gasteiger partial charge in [-0.1, -0.05) is 17.7 Å². The maximum absolute atomic E-state index is 12.9.